The van der Waals surface area contributed by atoms with Crippen molar-refractivity contribution in [2.24, 2.45) is 13.0 Å². The molecule has 0 aliphatic carbocycles. The number of rotatable bonds is 6. The second-order valence-corrected chi connectivity index (χ2v) is 6.82. The Bertz CT molecular complexity index is 744. The number of anilines is 1. The summed E-state index contributed by atoms with van der Waals surface area (Å²) in [7, 11) is 1.85. The highest BCUT2D eigenvalue weighted by molar-refractivity contribution is 5.92. The molecule has 0 radical (unpaired) electrons. The van der Waals surface area contributed by atoms with E-state index in [0.29, 0.717) is 24.8 Å². The van der Waals surface area contributed by atoms with E-state index in [1.54, 1.807) is 23.0 Å². The molecule has 1 amide bonds. The minimum Gasteiger partial charge on any atom is -0.493 e. The first-order valence-electron chi connectivity index (χ1n) is 8.90. The average Bonchev–Trinajstić information content (AvgIpc) is 2.93. The number of likely N-dealkylation sites (tertiary alicyclic amines) is 1. The van der Waals surface area contributed by atoms with Crippen LogP contribution in [0.1, 0.15) is 18.5 Å². The number of carbonyl (C=O) groups is 1. The molecule has 1 aliphatic rings. The monoisotopic (exact) mass is 360 g/mol. The van der Waals surface area contributed by atoms with E-state index in [2.05, 4.69) is 15.3 Å². The van der Waals surface area contributed by atoms with Gasteiger partial charge in [-0.25, -0.2) is 4.39 Å². The van der Waals surface area contributed by atoms with Crippen LogP contribution in [0.15, 0.2) is 30.5 Å². The summed E-state index contributed by atoms with van der Waals surface area (Å²) in [4.78, 5) is 14.5. The molecule has 0 spiro atoms. The Balaban J connectivity index is 1.46. The molecule has 1 N–H and O–H groups in total. The van der Waals surface area contributed by atoms with Crippen LogP contribution in [-0.4, -0.2) is 46.8 Å². The normalized spacial score (nSPS) is 17.9. The van der Waals surface area contributed by atoms with Gasteiger partial charge in [0.2, 0.25) is 5.91 Å². The standard InChI is InChI=1S/C19H25FN4O2/c1-14-18(10-21-23(14)2)22-19(25)12-24-9-3-4-15(11-24)13-26-17-7-5-16(20)6-8-17/h5-8,10,15H,3-4,9,11-13H2,1-2H3,(H,22,25)/t15-/m0/s1. The second-order valence-electron chi connectivity index (χ2n) is 6.82. The number of benzene rings is 1. The van der Waals surface area contributed by atoms with E-state index in [9.17, 15) is 9.18 Å². The highest BCUT2D eigenvalue weighted by atomic mass is 19.1. The number of nitrogens with zero attached hydrogens (tertiary/aromatic N) is 3. The number of piperidine rings is 1. The smallest absolute Gasteiger partial charge is 0.238 e. The zero-order valence-electron chi connectivity index (χ0n) is 15.2. The number of amides is 1. The van der Waals surface area contributed by atoms with Gasteiger partial charge in [-0.05, 0) is 50.6 Å². The van der Waals surface area contributed by atoms with Crippen molar-refractivity contribution in [1.82, 2.24) is 14.7 Å². The van der Waals surface area contributed by atoms with Gasteiger partial charge in [0.1, 0.15) is 11.6 Å². The number of hydrogen-bond donors (Lipinski definition) is 1. The van der Waals surface area contributed by atoms with Gasteiger partial charge < -0.3 is 10.1 Å². The number of hydrogen-bond acceptors (Lipinski definition) is 4. The number of aryl methyl sites for hydroxylation is 1. The fraction of sp³-hybridized carbons (Fsp3) is 0.474. The molecule has 0 unspecified atom stereocenters. The first-order chi connectivity index (χ1) is 12.5. The van der Waals surface area contributed by atoms with Crippen molar-refractivity contribution in [3.05, 3.63) is 42.0 Å². The van der Waals surface area contributed by atoms with Gasteiger partial charge in [-0.2, -0.15) is 5.10 Å². The summed E-state index contributed by atoms with van der Waals surface area (Å²) in [5.74, 6) is 0.743. The van der Waals surface area contributed by atoms with Crippen LogP contribution in [0.5, 0.6) is 5.75 Å². The summed E-state index contributed by atoms with van der Waals surface area (Å²) >= 11 is 0. The molecule has 140 valence electrons. The third-order valence-corrected chi connectivity index (χ3v) is 4.78. The van der Waals surface area contributed by atoms with Crippen molar-refractivity contribution < 1.29 is 13.9 Å². The lowest BCUT2D eigenvalue weighted by Gasteiger charge is -2.32. The molecule has 0 saturated carbocycles. The van der Waals surface area contributed by atoms with Crippen LogP contribution in [-0.2, 0) is 11.8 Å². The maximum atomic E-state index is 12.9. The van der Waals surface area contributed by atoms with Gasteiger partial charge in [0.15, 0.2) is 0 Å². The number of nitrogens with one attached hydrogen (secondary N) is 1. The molecule has 0 bridgehead atoms. The first kappa shape index (κ1) is 18.4. The van der Waals surface area contributed by atoms with Crippen molar-refractivity contribution >= 4 is 11.6 Å². The topological polar surface area (TPSA) is 59.4 Å². The summed E-state index contributed by atoms with van der Waals surface area (Å²) in [6.45, 7) is 4.59. The zero-order chi connectivity index (χ0) is 18.5. The van der Waals surface area contributed by atoms with Gasteiger partial charge in [0, 0.05) is 19.5 Å². The molecule has 26 heavy (non-hydrogen) atoms. The van der Waals surface area contributed by atoms with Crippen molar-refractivity contribution in [2.75, 3.05) is 31.6 Å². The quantitative estimate of drug-likeness (QED) is 0.860. The molecule has 6 nitrogen and oxygen atoms in total. The van der Waals surface area contributed by atoms with Crippen LogP contribution >= 0.6 is 0 Å². The molecular weight excluding hydrogens is 335 g/mol. The highest BCUT2D eigenvalue weighted by Gasteiger charge is 2.22. The average molecular weight is 360 g/mol. The Labute approximate surface area is 152 Å². The number of aromatic nitrogens is 2. The minimum absolute atomic E-state index is 0.0267. The van der Waals surface area contributed by atoms with Gasteiger partial charge in [-0.1, -0.05) is 0 Å². The van der Waals surface area contributed by atoms with E-state index in [4.69, 9.17) is 4.74 Å². The number of halogens is 1. The largest absolute Gasteiger partial charge is 0.493 e. The molecule has 1 aromatic heterocycles. The summed E-state index contributed by atoms with van der Waals surface area (Å²) in [5, 5.41) is 7.06. The number of carbonyl (C=O) groups excluding carboxylic acids is 1. The predicted octanol–water partition coefficient (Wildman–Crippen LogP) is 2.60. The van der Waals surface area contributed by atoms with E-state index in [1.165, 1.54) is 12.1 Å². The summed E-state index contributed by atoms with van der Waals surface area (Å²) < 4.78 is 20.4. The van der Waals surface area contributed by atoms with E-state index < -0.39 is 0 Å². The van der Waals surface area contributed by atoms with E-state index >= 15 is 0 Å². The molecule has 1 fully saturated rings. The summed E-state index contributed by atoms with van der Waals surface area (Å²) in [5.41, 5.74) is 1.69. The Morgan fingerprint density at radius 3 is 2.85 bits per heavy atom. The lowest BCUT2D eigenvalue weighted by Crippen LogP contribution is -2.42. The third-order valence-electron chi connectivity index (χ3n) is 4.78. The van der Waals surface area contributed by atoms with Gasteiger partial charge in [0.25, 0.3) is 0 Å². The van der Waals surface area contributed by atoms with Crippen LogP contribution in [0, 0.1) is 18.7 Å². The van der Waals surface area contributed by atoms with Crippen molar-refractivity contribution in [2.45, 2.75) is 19.8 Å². The molecule has 1 aromatic carbocycles. The van der Waals surface area contributed by atoms with Crippen molar-refractivity contribution in [1.29, 1.82) is 0 Å². The van der Waals surface area contributed by atoms with Gasteiger partial charge in [-0.15, -0.1) is 0 Å². The lowest BCUT2D eigenvalue weighted by molar-refractivity contribution is -0.117. The highest BCUT2D eigenvalue weighted by Crippen LogP contribution is 2.19. The zero-order valence-corrected chi connectivity index (χ0v) is 15.2. The predicted molar refractivity (Wildman–Crippen MR) is 97.6 cm³/mol. The van der Waals surface area contributed by atoms with Gasteiger partial charge in [-0.3, -0.25) is 14.4 Å². The maximum absolute atomic E-state index is 12.9. The van der Waals surface area contributed by atoms with Crippen LogP contribution in [0.25, 0.3) is 0 Å². The fourth-order valence-corrected chi connectivity index (χ4v) is 3.19. The third kappa shape index (κ3) is 4.82. The molecule has 1 atom stereocenters. The van der Waals surface area contributed by atoms with E-state index in [1.807, 2.05) is 14.0 Å². The molecule has 1 saturated heterocycles. The second kappa shape index (κ2) is 8.31. The number of ether oxygens (including phenoxy) is 1. The Hall–Kier alpha value is -2.41. The SMILES string of the molecule is Cc1c(NC(=O)CN2CCC[C@H](COc3ccc(F)cc3)C2)cnn1C. The fourth-order valence-electron chi connectivity index (χ4n) is 3.19. The molecule has 1 aliphatic heterocycles. The van der Waals surface area contributed by atoms with Gasteiger partial charge >= 0.3 is 0 Å². The van der Waals surface area contributed by atoms with Crippen LogP contribution in [0.2, 0.25) is 0 Å². The maximum Gasteiger partial charge on any atom is 0.238 e. The molecule has 7 heteroatoms. The first-order valence-corrected chi connectivity index (χ1v) is 8.90. The molecule has 2 aromatic rings. The Morgan fingerprint density at radius 2 is 2.15 bits per heavy atom. The van der Waals surface area contributed by atoms with E-state index in [0.717, 1.165) is 37.3 Å². The van der Waals surface area contributed by atoms with Crippen molar-refractivity contribution in [3.8, 4) is 5.75 Å². The minimum atomic E-state index is -0.268. The molecular formula is C19H25FN4O2. The van der Waals surface area contributed by atoms with Crippen LogP contribution < -0.4 is 10.1 Å². The Kier molecular flexibility index (Phi) is 5.88. The molecule has 2 heterocycles. The molecule has 3 rings (SSSR count). The van der Waals surface area contributed by atoms with Crippen LogP contribution in [0.4, 0.5) is 10.1 Å². The van der Waals surface area contributed by atoms with Crippen molar-refractivity contribution in [3.63, 3.8) is 0 Å². The van der Waals surface area contributed by atoms with E-state index in [-0.39, 0.29) is 11.7 Å². The van der Waals surface area contributed by atoms with Gasteiger partial charge in [0.05, 0.1) is 30.7 Å². The lowest BCUT2D eigenvalue weighted by atomic mass is 9.99. The summed E-state index contributed by atoms with van der Waals surface area (Å²) in [6, 6.07) is 6.07. The summed E-state index contributed by atoms with van der Waals surface area (Å²) in [6.07, 6.45) is 3.78. The van der Waals surface area contributed by atoms with Crippen LogP contribution in [0.3, 0.4) is 0 Å². The Morgan fingerprint density at radius 1 is 1.38 bits per heavy atom.